The highest BCUT2D eigenvalue weighted by atomic mass is 32.2. The van der Waals surface area contributed by atoms with E-state index in [4.69, 9.17) is 15.3 Å². The van der Waals surface area contributed by atoms with E-state index in [9.17, 15) is 18.3 Å². The van der Waals surface area contributed by atoms with Crippen LogP contribution in [0.25, 0.3) is 0 Å². The van der Waals surface area contributed by atoms with Crippen molar-refractivity contribution in [2.24, 2.45) is 5.14 Å². The SMILES string of the molecule is Nc1ccc(Nc2c(NCc3ccco3)cc(C(=O)O)cc2S(N)(=O)=O)cc1. The number of sulfonamides is 1. The summed E-state index contributed by atoms with van der Waals surface area (Å²) in [6.07, 6.45) is 1.49. The fourth-order valence-electron chi connectivity index (χ4n) is 2.54. The van der Waals surface area contributed by atoms with Gasteiger partial charge in [0.2, 0.25) is 10.0 Å². The molecule has 0 bridgehead atoms. The summed E-state index contributed by atoms with van der Waals surface area (Å²) >= 11 is 0. The van der Waals surface area contributed by atoms with Crippen LogP contribution in [0.2, 0.25) is 0 Å². The highest BCUT2D eigenvalue weighted by Crippen LogP contribution is 2.34. The zero-order valence-electron chi connectivity index (χ0n) is 14.5. The molecule has 1 aromatic heterocycles. The average molecular weight is 402 g/mol. The maximum atomic E-state index is 12.1. The monoisotopic (exact) mass is 402 g/mol. The molecule has 0 aliphatic rings. The van der Waals surface area contributed by atoms with Gasteiger partial charge in [-0.05, 0) is 48.5 Å². The van der Waals surface area contributed by atoms with Crippen molar-refractivity contribution in [3.05, 3.63) is 66.1 Å². The molecule has 0 radical (unpaired) electrons. The summed E-state index contributed by atoms with van der Waals surface area (Å²) in [5.41, 5.74) is 6.87. The molecule has 3 aromatic rings. The predicted molar refractivity (Wildman–Crippen MR) is 105 cm³/mol. The van der Waals surface area contributed by atoms with E-state index in [1.165, 1.54) is 12.3 Å². The van der Waals surface area contributed by atoms with Crippen LogP contribution in [0.15, 0.2) is 64.1 Å². The summed E-state index contributed by atoms with van der Waals surface area (Å²) in [6, 6.07) is 12.3. The Morgan fingerprint density at radius 3 is 2.43 bits per heavy atom. The van der Waals surface area contributed by atoms with E-state index in [0.29, 0.717) is 17.1 Å². The van der Waals surface area contributed by atoms with Crippen molar-refractivity contribution >= 4 is 38.7 Å². The number of rotatable bonds is 7. The fraction of sp³-hybridized carbons (Fsp3) is 0.0556. The second-order valence-electron chi connectivity index (χ2n) is 5.93. The third kappa shape index (κ3) is 4.42. The van der Waals surface area contributed by atoms with Gasteiger partial charge in [-0.25, -0.2) is 18.4 Å². The number of aromatic carboxylic acids is 1. The number of carbonyl (C=O) groups is 1. The van der Waals surface area contributed by atoms with Gasteiger partial charge in [-0.3, -0.25) is 0 Å². The van der Waals surface area contributed by atoms with E-state index in [1.54, 1.807) is 36.4 Å². The molecular weight excluding hydrogens is 384 g/mol. The Labute approximate surface area is 161 Å². The van der Waals surface area contributed by atoms with Gasteiger partial charge >= 0.3 is 5.97 Å². The van der Waals surface area contributed by atoms with E-state index in [1.807, 2.05) is 0 Å². The largest absolute Gasteiger partial charge is 0.478 e. The number of hydrogen-bond acceptors (Lipinski definition) is 7. The van der Waals surface area contributed by atoms with Gasteiger partial charge in [0.25, 0.3) is 0 Å². The van der Waals surface area contributed by atoms with Crippen LogP contribution in [0.3, 0.4) is 0 Å². The molecule has 1 heterocycles. The summed E-state index contributed by atoms with van der Waals surface area (Å²) in [5, 5.41) is 20.6. The fourth-order valence-corrected chi connectivity index (χ4v) is 3.27. The predicted octanol–water partition coefficient (Wildman–Crippen LogP) is 2.56. The van der Waals surface area contributed by atoms with E-state index < -0.39 is 16.0 Å². The van der Waals surface area contributed by atoms with E-state index >= 15 is 0 Å². The molecule has 7 N–H and O–H groups in total. The van der Waals surface area contributed by atoms with Crippen molar-refractivity contribution in [2.45, 2.75) is 11.4 Å². The van der Waals surface area contributed by atoms with Crippen LogP contribution in [0.4, 0.5) is 22.7 Å². The molecule has 0 atom stereocenters. The Bertz CT molecular complexity index is 1090. The molecule has 2 aromatic carbocycles. The lowest BCUT2D eigenvalue weighted by molar-refractivity contribution is 0.0696. The van der Waals surface area contributed by atoms with Crippen LogP contribution < -0.4 is 21.5 Å². The van der Waals surface area contributed by atoms with Gasteiger partial charge in [0, 0.05) is 11.4 Å². The summed E-state index contributed by atoms with van der Waals surface area (Å²) in [4.78, 5) is 11.1. The van der Waals surface area contributed by atoms with Crippen LogP contribution in [-0.4, -0.2) is 19.5 Å². The molecule has 0 fully saturated rings. The molecule has 3 rings (SSSR count). The second kappa shape index (κ2) is 7.62. The van der Waals surface area contributed by atoms with Crippen molar-refractivity contribution in [3.63, 3.8) is 0 Å². The van der Waals surface area contributed by atoms with E-state index in [0.717, 1.165) is 6.07 Å². The van der Waals surface area contributed by atoms with Crippen LogP contribution in [0.1, 0.15) is 16.1 Å². The van der Waals surface area contributed by atoms with Crippen LogP contribution in [-0.2, 0) is 16.6 Å². The van der Waals surface area contributed by atoms with Crippen molar-refractivity contribution in [3.8, 4) is 0 Å². The van der Waals surface area contributed by atoms with Gasteiger partial charge in [-0.15, -0.1) is 0 Å². The second-order valence-corrected chi connectivity index (χ2v) is 7.46. The van der Waals surface area contributed by atoms with Gasteiger partial charge in [0.05, 0.1) is 29.7 Å². The minimum Gasteiger partial charge on any atom is -0.478 e. The Hall–Kier alpha value is -3.50. The molecule has 0 aliphatic carbocycles. The Kier molecular flexibility index (Phi) is 5.25. The molecule has 9 nitrogen and oxygen atoms in total. The molecule has 10 heteroatoms. The van der Waals surface area contributed by atoms with Crippen molar-refractivity contribution in [1.29, 1.82) is 0 Å². The minimum absolute atomic E-state index is 0.115. The van der Waals surface area contributed by atoms with E-state index in [2.05, 4.69) is 10.6 Å². The van der Waals surface area contributed by atoms with Gasteiger partial charge in [0.15, 0.2) is 0 Å². The molecule has 28 heavy (non-hydrogen) atoms. The topological polar surface area (TPSA) is 161 Å². The van der Waals surface area contributed by atoms with Crippen LogP contribution in [0, 0.1) is 0 Å². The molecule has 0 amide bonds. The lowest BCUT2D eigenvalue weighted by atomic mass is 10.1. The normalized spacial score (nSPS) is 11.2. The van der Waals surface area contributed by atoms with Gasteiger partial charge in [-0.1, -0.05) is 0 Å². The summed E-state index contributed by atoms with van der Waals surface area (Å²) < 4.78 is 29.5. The van der Waals surface area contributed by atoms with Crippen LogP contribution in [0.5, 0.6) is 0 Å². The molecule has 0 spiro atoms. The number of benzene rings is 2. The number of nitrogens with one attached hydrogen (secondary N) is 2. The lowest BCUT2D eigenvalue weighted by Crippen LogP contribution is -2.17. The summed E-state index contributed by atoms with van der Waals surface area (Å²) in [5.74, 6) is -0.707. The van der Waals surface area contributed by atoms with Crippen LogP contribution >= 0.6 is 0 Å². The smallest absolute Gasteiger partial charge is 0.335 e. The van der Waals surface area contributed by atoms with Crippen molar-refractivity contribution < 1.29 is 22.7 Å². The molecule has 0 aliphatic heterocycles. The highest BCUT2D eigenvalue weighted by Gasteiger charge is 2.22. The van der Waals surface area contributed by atoms with Crippen molar-refractivity contribution in [1.82, 2.24) is 0 Å². The maximum absolute atomic E-state index is 12.1. The summed E-state index contributed by atoms with van der Waals surface area (Å²) in [6.45, 7) is 0.205. The molecule has 0 saturated heterocycles. The number of nitrogens with two attached hydrogens (primary N) is 2. The minimum atomic E-state index is -4.23. The highest BCUT2D eigenvalue weighted by molar-refractivity contribution is 7.89. The first kappa shape index (κ1) is 19.3. The third-order valence-corrected chi connectivity index (χ3v) is 4.80. The van der Waals surface area contributed by atoms with Gasteiger partial charge in [-0.2, -0.15) is 0 Å². The zero-order chi connectivity index (χ0) is 20.3. The van der Waals surface area contributed by atoms with Crippen molar-refractivity contribution in [2.75, 3.05) is 16.4 Å². The number of anilines is 4. The Morgan fingerprint density at radius 1 is 1.14 bits per heavy atom. The number of nitrogen functional groups attached to an aromatic ring is 1. The number of carboxylic acid groups (broad SMARTS) is 1. The molecular formula is C18H18N4O5S. The number of carboxylic acids is 1. The Balaban J connectivity index is 2.10. The van der Waals surface area contributed by atoms with Gasteiger partial charge in [0.1, 0.15) is 10.7 Å². The third-order valence-electron chi connectivity index (χ3n) is 3.87. The quantitative estimate of drug-likeness (QED) is 0.377. The zero-order valence-corrected chi connectivity index (χ0v) is 15.4. The molecule has 0 unspecified atom stereocenters. The number of primary sulfonamides is 1. The van der Waals surface area contributed by atoms with Gasteiger partial charge < -0.3 is 25.9 Å². The standard InChI is InChI=1S/C18H18N4O5S/c19-12-3-5-13(6-4-12)22-17-15(21-10-14-2-1-7-27-14)8-11(18(23)24)9-16(17)28(20,25)26/h1-9,21-22H,10,19H2,(H,23,24)(H2,20,25,26). The first-order valence-electron chi connectivity index (χ1n) is 8.07. The first-order valence-corrected chi connectivity index (χ1v) is 9.61. The average Bonchev–Trinajstić information content (AvgIpc) is 3.15. The number of hydrogen-bond donors (Lipinski definition) is 5. The number of furan rings is 1. The van der Waals surface area contributed by atoms with E-state index in [-0.39, 0.29) is 28.4 Å². The first-order chi connectivity index (χ1) is 13.2. The lowest BCUT2D eigenvalue weighted by Gasteiger charge is -2.18. The molecule has 0 saturated carbocycles. The summed E-state index contributed by atoms with van der Waals surface area (Å²) in [7, 11) is -4.23. The Morgan fingerprint density at radius 2 is 1.86 bits per heavy atom. The molecule has 146 valence electrons. The maximum Gasteiger partial charge on any atom is 0.335 e.